The second-order valence-corrected chi connectivity index (χ2v) is 4.31. The fourth-order valence-electron chi connectivity index (χ4n) is 1.80. The topological polar surface area (TPSA) is 53.4 Å². The number of carbonyl (C=O) groups is 1. The molecule has 0 N–H and O–H groups in total. The molecule has 100 valence electrons. The monoisotopic (exact) mass is 280 g/mol. The summed E-state index contributed by atoms with van der Waals surface area (Å²) >= 11 is 6.00. The van der Waals surface area contributed by atoms with Gasteiger partial charge in [0.2, 0.25) is 0 Å². The second kappa shape index (κ2) is 5.32. The van der Waals surface area contributed by atoms with Gasteiger partial charge in [0.15, 0.2) is 5.69 Å². The average molecular weight is 281 g/mol. The van der Waals surface area contributed by atoms with Gasteiger partial charge < -0.3 is 9.47 Å². The fourth-order valence-corrected chi connectivity index (χ4v) is 1.98. The highest BCUT2D eigenvalue weighted by atomic mass is 35.5. The van der Waals surface area contributed by atoms with Crippen LogP contribution in [0.25, 0.3) is 11.3 Å². The van der Waals surface area contributed by atoms with Crippen LogP contribution >= 0.6 is 11.6 Å². The number of methoxy groups -OCH3 is 2. The Kier molecular flexibility index (Phi) is 3.76. The van der Waals surface area contributed by atoms with Crippen LogP contribution in [0, 0.1) is 0 Å². The summed E-state index contributed by atoms with van der Waals surface area (Å²) in [5.74, 6) is 0.173. The number of esters is 1. The molecule has 0 radical (unpaired) electrons. The van der Waals surface area contributed by atoms with Crippen LogP contribution in [0.1, 0.15) is 10.5 Å². The van der Waals surface area contributed by atoms with Gasteiger partial charge in [0.25, 0.3) is 0 Å². The minimum absolute atomic E-state index is 0.238. The zero-order chi connectivity index (χ0) is 14.0. The van der Waals surface area contributed by atoms with Gasteiger partial charge >= 0.3 is 5.97 Å². The van der Waals surface area contributed by atoms with Gasteiger partial charge in [-0.2, -0.15) is 5.10 Å². The summed E-state index contributed by atoms with van der Waals surface area (Å²) in [6.45, 7) is 0. The molecule has 19 heavy (non-hydrogen) atoms. The Hall–Kier alpha value is -2.01. The van der Waals surface area contributed by atoms with E-state index in [4.69, 9.17) is 16.3 Å². The lowest BCUT2D eigenvalue weighted by molar-refractivity contribution is 0.0593. The molecule has 0 saturated carbocycles. The fraction of sp³-hybridized carbons (Fsp3) is 0.231. The van der Waals surface area contributed by atoms with Gasteiger partial charge in [-0.3, -0.25) is 4.68 Å². The number of benzene rings is 1. The summed E-state index contributed by atoms with van der Waals surface area (Å²) in [6.07, 6.45) is 0. The Labute approximate surface area is 115 Å². The van der Waals surface area contributed by atoms with E-state index in [0.29, 0.717) is 10.8 Å². The summed E-state index contributed by atoms with van der Waals surface area (Å²) < 4.78 is 11.5. The van der Waals surface area contributed by atoms with E-state index in [1.54, 1.807) is 43.1 Å². The molecule has 0 amide bonds. The summed E-state index contributed by atoms with van der Waals surface area (Å²) in [6, 6.07) is 6.91. The number of nitrogens with zero attached hydrogens (tertiary/aromatic N) is 2. The highest BCUT2D eigenvalue weighted by Crippen LogP contribution is 2.32. The van der Waals surface area contributed by atoms with Gasteiger partial charge in [0, 0.05) is 17.6 Å². The van der Waals surface area contributed by atoms with E-state index in [9.17, 15) is 4.79 Å². The van der Waals surface area contributed by atoms with Crippen LogP contribution in [-0.2, 0) is 11.8 Å². The first-order chi connectivity index (χ1) is 9.06. The molecule has 0 aliphatic carbocycles. The third kappa shape index (κ3) is 2.56. The molecule has 2 rings (SSSR count). The van der Waals surface area contributed by atoms with E-state index < -0.39 is 5.97 Å². The van der Waals surface area contributed by atoms with Gasteiger partial charge in [-0.1, -0.05) is 11.6 Å². The molecule has 0 aliphatic rings. The van der Waals surface area contributed by atoms with Crippen molar-refractivity contribution in [3.63, 3.8) is 0 Å². The molecule has 0 atom stereocenters. The number of hydrogen-bond acceptors (Lipinski definition) is 4. The lowest BCUT2D eigenvalue weighted by Crippen LogP contribution is -2.03. The molecule has 0 unspecified atom stereocenters. The predicted molar refractivity (Wildman–Crippen MR) is 71.5 cm³/mol. The van der Waals surface area contributed by atoms with Crippen molar-refractivity contribution in [2.75, 3.05) is 14.2 Å². The average Bonchev–Trinajstić information content (AvgIpc) is 2.79. The quantitative estimate of drug-likeness (QED) is 0.811. The Morgan fingerprint density at radius 1 is 1.32 bits per heavy atom. The number of rotatable bonds is 3. The van der Waals surface area contributed by atoms with Gasteiger partial charge in [-0.15, -0.1) is 0 Å². The maximum Gasteiger partial charge on any atom is 0.358 e. The summed E-state index contributed by atoms with van der Waals surface area (Å²) in [4.78, 5) is 11.5. The first kappa shape index (κ1) is 13.4. The highest BCUT2D eigenvalue weighted by molar-refractivity contribution is 6.31. The molecular weight excluding hydrogens is 268 g/mol. The first-order valence-corrected chi connectivity index (χ1v) is 5.91. The van der Waals surface area contributed by atoms with Crippen LogP contribution in [0.5, 0.6) is 5.75 Å². The Bertz CT molecular complexity index is 622. The third-order valence-corrected chi connectivity index (χ3v) is 2.95. The van der Waals surface area contributed by atoms with Crippen LogP contribution in [0.4, 0.5) is 0 Å². The number of hydrogen-bond donors (Lipinski definition) is 0. The zero-order valence-corrected chi connectivity index (χ0v) is 11.6. The number of halogens is 1. The largest absolute Gasteiger partial charge is 0.496 e. The molecule has 5 nitrogen and oxygen atoms in total. The third-order valence-electron chi connectivity index (χ3n) is 2.71. The molecule has 0 saturated heterocycles. The molecule has 0 aliphatic heterocycles. The molecule has 1 heterocycles. The number of carbonyl (C=O) groups excluding carboxylic acids is 1. The second-order valence-electron chi connectivity index (χ2n) is 3.87. The number of aryl methyl sites for hydroxylation is 1. The van der Waals surface area contributed by atoms with Crippen molar-refractivity contribution >= 4 is 17.6 Å². The number of aromatic nitrogens is 2. The standard InChI is InChI=1S/C13H13ClN2O3/c1-16-11(7-10(15-16)13(17)19-3)9-6-8(14)4-5-12(9)18-2/h4-7H,1-3H3. The van der Waals surface area contributed by atoms with Crippen LogP contribution in [-0.4, -0.2) is 30.0 Å². The van der Waals surface area contributed by atoms with Crippen LogP contribution < -0.4 is 4.74 Å². The van der Waals surface area contributed by atoms with Gasteiger partial charge in [-0.05, 0) is 24.3 Å². The zero-order valence-electron chi connectivity index (χ0n) is 10.8. The number of ether oxygens (including phenoxy) is 2. The Morgan fingerprint density at radius 2 is 2.05 bits per heavy atom. The lowest BCUT2D eigenvalue weighted by Gasteiger charge is -2.08. The van der Waals surface area contributed by atoms with Crippen molar-refractivity contribution in [2.45, 2.75) is 0 Å². The maximum atomic E-state index is 11.5. The SMILES string of the molecule is COC(=O)c1cc(-c2cc(Cl)ccc2OC)n(C)n1. The Morgan fingerprint density at radius 3 is 2.68 bits per heavy atom. The van der Waals surface area contributed by atoms with Crippen LogP contribution in [0.2, 0.25) is 5.02 Å². The molecule has 0 spiro atoms. The van der Waals surface area contributed by atoms with E-state index in [1.807, 2.05) is 0 Å². The van der Waals surface area contributed by atoms with Crippen molar-refractivity contribution in [1.29, 1.82) is 0 Å². The van der Waals surface area contributed by atoms with Crippen molar-refractivity contribution < 1.29 is 14.3 Å². The van der Waals surface area contributed by atoms with Crippen molar-refractivity contribution in [2.24, 2.45) is 7.05 Å². The van der Waals surface area contributed by atoms with E-state index in [1.165, 1.54) is 7.11 Å². The molecule has 0 bridgehead atoms. The normalized spacial score (nSPS) is 10.3. The van der Waals surface area contributed by atoms with E-state index in [0.717, 1.165) is 11.3 Å². The summed E-state index contributed by atoms with van der Waals surface area (Å²) in [7, 11) is 4.63. The van der Waals surface area contributed by atoms with E-state index in [2.05, 4.69) is 9.84 Å². The maximum absolute atomic E-state index is 11.5. The first-order valence-electron chi connectivity index (χ1n) is 5.53. The van der Waals surface area contributed by atoms with Crippen LogP contribution in [0.3, 0.4) is 0 Å². The Balaban J connectivity index is 2.55. The predicted octanol–water partition coefficient (Wildman–Crippen LogP) is 2.54. The van der Waals surface area contributed by atoms with Crippen molar-refractivity contribution in [3.8, 4) is 17.0 Å². The summed E-state index contributed by atoms with van der Waals surface area (Å²) in [5, 5.41) is 4.69. The van der Waals surface area contributed by atoms with Crippen molar-refractivity contribution in [1.82, 2.24) is 9.78 Å². The van der Waals surface area contributed by atoms with Gasteiger partial charge in [0.05, 0.1) is 19.9 Å². The lowest BCUT2D eigenvalue weighted by atomic mass is 10.1. The molecule has 1 aromatic heterocycles. The van der Waals surface area contributed by atoms with E-state index >= 15 is 0 Å². The van der Waals surface area contributed by atoms with Gasteiger partial charge in [-0.25, -0.2) is 4.79 Å². The van der Waals surface area contributed by atoms with Crippen molar-refractivity contribution in [3.05, 3.63) is 35.0 Å². The molecule has 2 aromatic rings. The molecule has 0 fully saturated rings. The molecular formula is C13H13ClN2O3. The minimum atomic E-state index is -0.483. The smallest absolute Gasteiger partial charge is 0.358 e. The summed E-state index contributed by atoms with van der Waals surface area (Å²) in [5.41, 5.74) is 1.72. The van der Waals surface area contributed by atoms with Crippen LogP contribution in [0.15, 0.2) is 24.3 Å². The minimum Gasteiger partial charge on any atom is -0.496 e. The molecule has 1 aromatic carbocycles. The van der Waals surface area contributed by atoms with Gasteiger partial charge in [0.1, 0.15) is 5.75 Å². The molecule has 6 heteroatoms. The van der Waals surface area contributed by atoms with E-state index in [-0.39, 0.29) is 5.69 Å². The highest BCUT2D eigenvalue weighted by Gasteiger charge is 2.17.